The molecule has 0 saturated heterocycles. The van der Waals surface area contributed by atoms with Gasteiger partial charge in [0.2, 0.25) is 0 Å². The van der Waals surface area contributed by atoms with Gasteiger partial charge in [-0.3, -0.25) is 4.79 Å². The predicted octanol–water partition coefficient (Wildman–Crippen LogP) is 3.52. The van der Waals surface area contributed by atoms with Crippen molar-refractivity contribution in [1.82, 2.24) is 0 Å². The Morgan fingerprint density at radius 1 is 1.14 bits per heavy atom. The fourth-order valence-corrected chi connectivity index (χ4v) is 0.758. The minimum Gasteiger partial charge on any atom is -0.399 e. The van der Waals surface area contributed by atoms with Crippen molar-refractivity contribution >= 4 is 11.5 Å². The molecule has 2 nitrogen and oxygen atoms in total. The highest BCUT2D eigenvalue weighted by Crippen LogP contribution is 2.06. The number of rotatable bonds is 1. The molecule has 1 aromatic carbocycles. The average Bonchev–Trinajstić information content (AvgIpc) is 2.24. The predicted molar refractivity (Wildman–Crippen MR) is 63.6 cm³/mol. The molecule has 1 aromatic rings. The molecule has 0 amide bonds. The van der Waals surface area contributed by atoms with Crippen molar-refractivity contribution in [2.24, 2.45) is 0 Å². The first-order chi connectivity index (χ1) is 6.70. The summed E-state index contributed by atoms with van der Waals surface area (Å²) in [4.78, 5) is 10.7. The molecule has 14 heavy (non-hydrogen) atoms. The first kappa shape index (κ1) is 15.2. The van der Waals surface area contributed by atoms with Crippen LogP contribution in [0.5, 0.6) is 0 Å². The second-order valence-corrected chi connectivity index (χ2v) is 2.18. The molecule has 0 atom stereocenters. The van der Waals surface area contributed by atoms with Crippen LogP contribution in [-0.4, -0.2) is 5.78 Å². The molecule has 0 unspecified atom stereocenters. The lowest BCUT2D eigenvalue weighted by Crippen LogP contribution is -1.93. The number of hydrogen-bond acceptors (Lipinski definition) is 2. The maximum atomic E-state index is 10.7. The van der Waals surface area contributed by atoms with E-state index in [9.17, 15) is 4.79 Å². The fourth-order valence-electron chi connectivity index (χ4n) is 0.758. The van der Waals surface area contributed by atoms with E-state index in [0.29, 0.717) is 11.3 Å². The lowest BCUT2D eigenvalue weighted by Gasteiger charge is -1.94. The summed E-state index contributed by atoms with van der Waals surface area (Å²) in [6.07, 6.45) is 0. The number of nitrogens with two attached hydrogens (primary N) is 1. The third-order valence-corrected chi connectivity index (χ3v) is 1.29. The molecule has 0 radical (unpaired) electrons. The zero-order valence-electron chi connectivity index (χ0n) is 9.79. The maximum Gasteiger partial charge on any atom is 0.159 e. The van der Waals surface area contributed by atoms with Crippen LogP contribution >= 0.6 is 0 Å². The number of anilines is 1. The minimum atomic E-state index is 0.0484. The number of benzene rings is 1. The molecular formula is C12H21NO. The number of hydrogen-bond donors (Lipinski definition) is 1. The molecule has 0 aromatic heterocycles. The molecule has 1 rings (SSSR count). The number of ketones is 1. The van der Waals surface area contributed by atoms with Crippen molar-refractivity contribution < 1.29 is 4.79 Å². The molecule has 0 aliphatic heterocycles. The van der Waals surface area contributed by atoms with Gasteiger partial charge >= 0.3 is 0 Å². The van der Waals surface area contributed by atoms with Crippen molar-refractivity contribution in [2.75, 3.05) is 5.73 Å². The molecule has 0 bridgehead atoms. The second kappa shape index (κ2) is 9.78. The van der Waals surface area contributed by atoms with Gasteiger partial charge in [0, 0.05) is 11.3 Å². The molecular weight excluding hydrogens is 174 g/mol. The maximum absolute atomic E-state index is 10.7. The van der Waals surface area contributed by atoms with Gasteiger partial charge in [-0.15, -0.1) is 0 Å². The van der Waals surface area contributed by atoms with E-state index in [0.717, 1.165) is 0 Å². The van der Waals surface area contributed by atoms with Gasteiger partial charge in [-0.1, -0.05) is 39.8 Å². The molecule has 80 valence electrons. The molecule has 0 aliphatic carbocycles. The lowest BCUT2D eigenvalue weighted by atomic mass is 10.1. The van der Waals surface area contributed by atoms with Gasteiger partial charge in [-0.05, 0) is 19.1 Å². The first-order valence-electron chi connectivity index (χ1n) is 5.06. The van der Waals surface area contributed by atoms with Gasteiger partial charge < -0.3 is 5.73 Å². The van der Waals surface area contributed by atoms with Crippen LogP contribution in [0.25, 0.3) is 0 Å². The monoisotopic (exact) mass is 195 g/mol. The molecule has 2 N–H and O–H groups in total. The summed E-state index contributed by atoms with van der Waals surface area (Å²) < 4.78 is 0. The summed E-state index contributed by atoms with van der Waals surface area (Å²) in [7, 11) is 0. The van der Waals surface area contributed by atoms with Crippen molar-refractivity contribution in [3.05, 3.63) is 29.8 Å². The second-order valence-electron chi connectivity index (χ2n) is 2.18. The van der Waals surface area contributed by atoms with E-state index in [1.807, 2.05) is 27.7 Å². The van der Waals surface area contributed by atoms with E-state index in [1.54, 1.807) is 24.3 Å². The number of nitrogen functional groups attached to an aromatic ring is 1. The van der Waals surface area contributed by atoms with E-state index in [4.69, 9.17) is 5.73 Å². The normalized spacial score (nSPS) is 7.50. The highest BCUT2D eigenvalue weighted by Gasteiger charge is 1.96. The van der Waals surface area contributed by atoms with Gasteiger partial charge in [0.15, 0.2) is 5.78 Å². The first-order valence-corrected chi connectivity index (χ1v) is 5.06. The minimum absolute atomic E-state index is 0.0484. The summed E-state index contributed by atoms with van der Waals surface area (Å²) in [6.45, 7) is 9.52. The Morgan fingerprint density at radius 3 is 1.93 bits per heavy atom. The van der Waals surface area contributed by atoms with Crippen molar-refractivity contribution in [1.29, 1.82) is 0 Å². The fraction of sp³-hybridized carbons (Fsp3) is 0.417. The zero-order valence-corrected chi connectivity index (χ0v) is 9.79. The number of carbonyl (C=O) groups is 1. The molecule has 0 saturated carbocycles. The Bertz CT molecular complexity index is 256. The van der Waals surface area contributed by atoms with Crippen LogP contribution in [0.2, 0.25) is 0 Å². The van der Waals surface area contributed by atoms with E-state index in [-0.39, 0.29) is 5.78 Å². The van der Waals surface area contributed by atoms with Crippen LogP contribution in [0.15, 0.2) is 24.3 Å². The third kappa shape index (κ3) is 6.23. The van der Waals surface area contributed by atoms with Crippen molar-refractivity contribution in [3.8, 4) is 0 Å². The largest absolute Gasteiger partial charge is 0.399 e. The smallest absolute Gasteiger partial charge is 0.159 e. The van der Waals surface area contributed by atoms with Crippen LogP contribution in [0.3, 0.4) is 0 Å². The standard InChI is InChI=1S/C8H9NO.2C2H6/c1-6(10)7-3-2-4-8(9)5-7;2*1-2/h2-5H,9H2,1H3;2*1-2H3. The molecule has 0 fully saturated rings. The zero-order chi connectivity index (χ0) is 11.6. The SMILES string of the molecule is CC.CC.CC(=O)c1cccc(N)c1. The van der Waals surface area contributed by atoms with Crippen LogP contribution in [0, 0.1) is 0 Å². The lowest BCUT2D eigenvalue weighted by molar-refractivity contribution is 0.101. The third-order valence-electron chi connectivity index (χ3n) is 1.29. The van der Waals surface area contributed by atoms with E-state index >= 15 is 0 Å². The summed E-state index contributed by atoms with van der Waals surface area (Å²) >= 11 is 0. The Morgan fingerprint density at radius 2 is 1.64 bits per heavy atom. The Balaban J connectivity index is 0. The van der Waals surface area contributed by atoms with Crippen LogP contribution in [-0.2, 0) is 0 Å². The number of Topliss-reactive ketones (excluding diaryl/α,β-unsaturated/α-hetero) is 1. The summed E-state index contributed by atoms with van der Waals surface area (Å²) in [5.74, 6) is 0.0484. The quantitative estimate of drug-likeness (QED) is 0.550. The van der Waals surface area contributed by atoms with Gasteiger partial charge in [0.05, 0.1) is 0 Å². The van der Waals surface area contributed by atoms with Crippen molar-refractivity contribution in [3.63, 3.8) is 0 Å². The molecule has 0 heterocycles. The number of carbonyl (C=O) groups excluding carboxylic acids is 1. The summed E-state index contributed by atoms with van der Waals surface area (Å²) in [6, 6.07) is 6.94. The Kier molecular flexibility index (Phi) is 10.6. The van der Waals surface area contributed by atoms with Gasteiger partial charge in [-0.2, -0.15) is 0 Å². The van der Waals surface area contributed by atoms with Gasteiger partial charge in [-0.25, -0.2) is 0 Å². The Labute approximate surface area is 87.1 Å². The van der Waals surface area contributed by atoms with E-state index in [2.05, 4.69) is 0 Å². The van der Waals surface area contributed by atoms with Gasteiger partial charge in [0.25, 0.3) is 0 Å². The Hall–Kier alpha value is -1.31. The highest BCUT2D eigenvalue weighted by atomic mass is 16.1. The van der Waals surface area contributed by atoms with Gasteiger partial charge in [0.1, 0.15) is 0 Å². The molecule has 2 heteroatoms. The van der Waals surface area contributed by atoms with Crippen LogP contribution in [0.4, 0.5) is 5.69 Å². The average molecular weight is 195 g/mol. The van der Waals surface area contributed by atoms with E-state index in [1.165, 1.54) is 6.92 Å². The molecule has 0 aliphatic rings. The summed E-state index contributed by atoms with van der Waals surface area (Å²) in [5.41, 5.74) is 6.74. The highest BCUT2D eigenvalue weighted by molar-refractivity contribution is 5.94. The summed E-state index contributed by atoms with van der Waals surface area (Å²) in [5, 5.41) is 0. The topological polar surface area (TPSA) is 43.1 Å². The van der Waals surface area contributed by atoms with Crippen LogP contribution < -0.4 is 5.73 Å². The van der Waals surface area contributed by atoms with E-state index < -0.39 is 0 Å². The van der Waals surface area contributed by atoms with Crippen LogP contribution in [0.1, 0.15) is 45.0 Å². The van der Waals surface area contributed by atoms with Crippen molar-refractivity contribution in [2.45, 2.75) is 34.6 Å². The molecule has 0 spiro atoms.